The topological polar surface area (TPSA) is 50.4 Å². The fourth-order valence-corrected chi connectivity index (χ4v) is 1.36. The van der Waals surface area contributed by atoms with E-state index in [1.54, 1.807) is 0 Å². The number of hydrogen-bond donors (Lipinski definition) is 2. The average Bonchev–Trinajstić information content (AvgIpc) is 2.27. The Morgan fingerprint density at radius 2 is 2.11 bits per heavy atom. The van der Waals surface area contributed by atoms with E-state index in [0.717, 1.165) is 12.1 Å². The van der Waals surface area contributed by atoms with Gasteiger partial charge in [0.2, 0.25) is 0 Å². The van der Waals surface area contributed by atoms with Crippen LogP contribution < -0.4 is 10.6 Å². The maximum absolute atomic E-state index is 12.5. The molecule has 4 nitrogen and oxygen atoms in total. The van der Waals surface area contributed by atoms with Gasteiger partial charge in [-0.1, -0.05) is 11.6 Å². The van der Waals surface area contributed by atoms with Crippen LogP contribution in [-0.4, -0.2) is 19.9 Å². The van der Waals surface area contributed by atoms with E-state index < -0.39 is 22.8 Å². The molecule has 0 aromatic heterocycles. The van der Waals surface area contributed by atoms with Crippen molar-refractivity contribution in [3.63, 3.8) is 0 Å². The molecule has 100 valence electrons. The molecule has 2 amide bonds. The Morgan fingerprint density at radius 3 is 2.67 bits per heavy atom. The van der Waals surface area contributed by atoms with Crippen molar-refractivity contribution in [3.8, 4) is 0 Å². The highest BCUT2D eigenvalue weighted by atomic mass is 35.5. The minimum atomic E-state index is -4.57. The van der Waals surface area contributed by atoms with Crippen molar-refractivity contribution in [2.24, 2.45) is 0 Å². The van der Waals surface area contributed by atoms with Gasteiger partial charge in [0.25, 0.3) is 0 Å². The molecule has 2 N–H and O–H groups in total. The zero-order chi connectivity index (χ0) is 13.8. The third-order valence-electron chi connectivity index (χ3n) is 1.91. The van der Waals surface area contributed by atoms with Crippen molar-refractivity contribution in [1.29, 1.82) is 0 Å². The number of hydrogen-bond acceptors (Lipinski definition) is 2. The first kappa shape index (κ1) is 14.6. The number of alkyl halides is 3. The van der Waals surface area contributed by atoms with E-state index in [0.29, 0.717) is 0 Å². The summed E-state index contributed by atoms with van der Waals surface area (Å²) in [6.45, 7) is -0.0500. The molecule has 0 fully saturated rings. The van der Waals surface area contributed by atoms with Crippen molar-refractivity contribution in [3.05, 3.63) is 28.8 Å². The molecule has 0 heterocycles. The lowest BCUT2D eigenvalue weighted by atomic mass is 10.2. The second kappa shape index (κ2) is 5.92. The molecule has 0 aliphatic carbocycles. The van der Waals surface area contributed by atoms with E-state index in [-0.39, 0.29) is 12.4 Å². The zero-order valence-corrected chi connectivity index (χ0v) is 10.0. The summed E-state index contributed by atoms with van der Waals surface area (Å²) in [5, 5.41) is 4.07. The summed E-state index contributed by atoms with van der Waals surface area (Å²) in [7, 11) is 1.37. The highest BCUT2D eigenvalue weighted by molar-refractivity contribution is 6.31. The molecule has 1 aromatic rings. The van der Waals surface area contributed by atoms with Crippen LogP contribution in [0, 0.1) is 0 Å². The lowest BCUT2D eigenvalue weighted by molar-refractivity contribution is -0.137. The van der Waals surface area contributed by atoms with Gasteiger partial charge in [-0.25, -0.2) is 4.79 Å². The number of carbonyl (C=O) groups excluding carboxylic acids is 1. The van der Waals surface area contributed by atoms with Crippen molar-refractivity contribution in [2.45, 2.75) is 6.18 Å². The molecular formula is C10H10ClF3N2O2. The van der Waals surface area contributed by atoms with Crippen LogP contribution in [0.15, 0.2) is 18.2 Å². The normalized spacial score (nSPS) is 11.2. The maximum Gasteiger partial charge on any atom is 0.417 e. The van der Waals surface area contributed by atoms with Crippen LogP contribution >= 0.6 is 11.6 Å². The highest BCUT2D eigenvalue weighted by Gasteiger charge is 2.33. The van der Waals surface area contributed by atoms with Crippen LogP contribution in [0.1, 0.15) is 5.56 Å². The molecule has 0 saturated carbocycles. The molecule has 18 heavy (non-hydrogen) atoms. The molecule has 0 atom stereocenters. The first-order chi connectivity index (χ1) is 8.34. The number of rotatable bonds is 3. The molecule has 0 bridgehead atoms. The van der Waals surface area contributed by atoms with E-state index >= 15 is 0 Å². The summed E-state index contributed by atoms with van der Waals surface area (Å²) in [6.07, 6.45) is -4.57. The van der Waals surface area contributed by atoms with E-state index in [1.165, 1.54) is 13.2 Å². The number of methoxy groups -OCH3 is 1. The smallest absolute Gasteiger partial charge is 0.364 e. The molecule has 1 aromatic carbocycles. The number of urea groups is 1. The number of nitrogens with one attached hydrogen (secondary N) is 2. The first-order valence-corrected chi connectivity index (χ1v) is 5.13. The quantitative estimate of drug-likeness (QED) is 0.837. The molecule has 0 spiro atoms. The third kappa shape index (κ3) is 4.08. The Kier molecular flexibility index (Phi) is 4.80. The predicted molar refractivity (Wildman–Crippen MR) is 60.5 cm³/mol. The van der Waals surface area contributed by atoms with Crippen LogP contribution in [0.2, 0.25) is 5.02 Å². The maximum atomic E-state index is 12.5. The second-order valence-electron chi connectivity index (χ2n) is 3.26. The zero-order valence-electron chi connectivity index (χ0n) is 9.27. The predicted octanol–water partition coefficient (Wildman–Crippen LogP) is 3.08. The first-order valence-electron chi connectivity index (χ1n) is 4.75. The monoisotopic (exact) mass is 282 g/mol. The third-order valence-corrected chi connectivity index (χ3v) is 2.24. The number of carbonyl (C=O) groups is 1. The summed E-state index contributed by atoms with van der Waals surface area (Å²) < 4.78 is 42.2. The number of halogens is 4. The Balaban J connectivity index is 2.83. The van der Waals surface area contributed by atoms with E-state index in [1.807, 2.05) is 0 Å². The van der Waals surface area contributed by atoms with E-state index in [4.69, 9.17) is 11.6 Å². The van der Waals surface area contributed by atoms with Crippen molar-refractivity contribution < 1.29 is 22.7 Å². The van der Waals surface area contributed by atoms with Crippen LogP contribution in [0.4, 0.5) is 23.7 Å². The van der Waals surface area contributed by atoms with Crippen molar-refractivity contribution in [1.82, 2.24) is 5.32 Å². The van der Waals surface area contributed by atoms with Gasteiger partial charge < -0.3 is 15.4 Å². The molecule has 0 unspecified atom stereocenters. The SMILES string of the molecule is COCNC(=O)Nc1ccc(Cl)c(C(F)(F)F)c1. The van der Waals surface area contributed by atoms with Crippen LogP contribution in [-0.2, 0) is 10.9 Å². The molecule has 8 heteroatoms. The van der Waals surface area contributed by atoms with Gasteiger partial charge >= 0.3 is 12.2 Å². The Hall–Kier alpha value is -1.47. The van der Waals surface area contributed by atoms with Gasteiger partial charge in [-0.15, -0.1) is 0 Å². The Morgan fingerprint density at radius 1 is 1.44 bits per heavy atom. The van der Waals surface area contributed by atoms with Crippen molar-refractivity contribution >= 4 is 23.3 Å². The Labute approximate surface area is 106 Å². The lowest BCUT2D eigenvalue weighted by Crippen LogP contribution is -2.30. The number of anilines is 1. The largest absolute Gasteiger partial charge is 0.417 e. The van der Waals surface area contributed by atoms with Gasteiger partial charge in [-0.2, -0.15) is 13.2 Å². The van der Waals surface area contributed by atoms with Gasteiger partial charge in [0.1, 0.15) is 6.73 Å². The Bertz CT molecular complexity index is 438. The summed E-state index contributed by atoms with van der Waals surface area (Å²) >= 11 is 5.43. The van der Waals surface area contributed by atoms with Gasteiger partial charge in [0.15, 0.2) is 0 Å². The highest BCUT2D eigenvalue weighted by Crippen LogP contribution is 2.36. The van der Waals surface area contributed by atoms with Gasteiger partial charge in [0, 0.05) is 12.8 Å². The van der Waals surface area contributed by atoms with Crippen LogP contribution in [0.25, 0.3) is 0 Å². The number of amides is 2. The van der Waals surface area contributed by atoms with Crippen LogP contribution in [0.3, 0.4) is 0 Å². The molecular weight excluding hydrogens is 273 g/mol. The van der Waals surface area contributed by atoms with Gasteiger partial charge in [-0.3, -0.25) is 0 Å². The minimum absolute atomic E-state index is 0.0136. The molecule has 0 radical (unpaired) electrons. The summed E-state index contributed by atoms with van der Waals surface area (Å²) in [5.74, 6) is 0. The van der Waals surface area contributed by atoms with Crippen molar-refractivity contribution in [2.75, 3.05) is 19.2 Å². The van der Waals surface area contributed by atoms with Gasteiger partial charge in [0.05, 0.1) is 10.6 Å². The molecule has 0 saturated heterocycles. The molecule has 1 rings (SSSR count). The summed E-state index contributed by atoms with van der Waals surface area (Å²) in [5.41, 5.74) is -1.02. The second-order valence-corrected chi connectivity index (χ2v) is 3.66. The van der Waals surface area contributed by atoms with Gasteiger partial charge in [-0.05, 0) is 18.2 Å². The summed E-state index contributed by atoms with van der Waals surface area (Å²) in [6, 6.07) is 2.42. The minimum Gasteiger partial charge on any atom is -0.364 e. The lowest BCUT2D eigenvalue weighted by Gasteiger charge is -2.12. The molecule has 0 aliphatic rings. The fraction of sp³-hybridized carbons (Fsp3) is 0.300. The molecule has 0 aliphatic heterocycles. The average molecular weight is 283 g/mol. The fourth-order valence-electron chi connectivity index (χ4n) is 1.13. The van der Waals surface area contributed by atoms with E-state index in [2.05, 4.69) is 15.4 Å². The number of ether oxygens (including phenoxy) is 1. The standard InChI is InChI=1S/C10H10ClF3N2O2/c1-18-5-15-9(17)16-6-2-3-8(11)7(4-6)10(12,13)14/h2-4H,5H2,1H3,(H2,15,16,17). The number of benzene rings is 1. The summed E-state index contributed by atoms with van der Waals surface area (Å²) in [4.78, 5) is 11.2. The van der Waals surface area contributed by atoms with Crippen LogP contribution in [0.5, 0.6) is 0 Å². The van der Waals surface area contributed by atoms with E-state index in [9.17, 15) is 18.0 Å².